The van der Waals surface area contributed by atoms with Gasteiger partial charge in [-0.1, -0.05) is 33.3 Å². The molecule has 0 amide bonds. The molecule has 0 aliphatic carbocycles. The minimum absolute atomic E-state index is 0.0357. The van der Waals surface area contributed by atoms with Crippen molar-refractivity contribution >= 4 is 21.1 Å². The Hall–Kier alpha value is -3.68. The molecule has 0 N–H and O–H groups in total. The van der Waals surface area contributed by atoms with E-state index in [1.165, 1.54) is 21.1 Å². The van der Waals surface area contributed by atoms with Gasteiger partial charge < -0.3 is 9.64 Å². The van der Waals surface area contributed by atoms with Crippen LogP contribution in [0.2, 0.25) is 0 Å². The maximum atomic E-state index is 13.7. The highest BCUT2D eigenvalue weighted by Gasteiger charge is 2.30. The van der Waals surface area contributed by atoms with Crippen LogP contribution >= 0.6 is 0 Å². The summed E-state index contributed by atoms with van der Waals surface area (Å²) in [6, 6.07) is 7.02. The molecule has 5 rings (SSSR count). The summed E-state index contributed by atoms with van der Waals surface area (Å²) < 4.78 is 37.8. The number of piperazine rings is 1. The van der Waals surface area contributed by atoms with Crippen molar-refractivity contribution in [1.82, 2.24) is 38.5 Å². The summed E-state index contributed by atoms with van der Waals surface area (Å²) >= 11 is 0. The van der Waals surface area contributed by atoms with Gasteiger partial charge in [-0.2, -0.15) is 9.40 Å². The molecule has 5 heterocycles. The maximum absolute atomic E-state index is 13.7. The average Bonchev–Trinajstić information content (AvgIpc) is 3.36. The summed E-state index contributed by atoms with van der Waals surface area (Å²) in [7, 11) is -2.23. The van der Waals surface area contributed by atoms with Crippen LogP contribution in [0, 0.1) is 0 Å². The molecule has 1 aliphatic rings. The molecule has 0 atom stereocenters. The lowest BCUT2D eigenvalue weighted by atomic mass is 10.2. The van der Waals surface area contributed by atoms with Crippen molar-refractivity contribution in [2.24, 2.45) is 7.05 Å². The highest BCUT2D eigenvalue weighted by Crippen LogP contribution is 2.31. The number of aromatic nitrogens is 6. The average molecular weight is 581 g/mol. The highest BCUT2D eigenvalue weighted by molar-refractivity contribution is 7.89. The molecule has 0 radical (unpaired) electrons. The van der Waals surface area contributed by atoms with E-state index in [2.05, 4.69) is 26.9 Å². The van der Waals surface area contributed by atoms with Gasteiger partial charge in [-0.15, -0.1) is 0 Å². The van der Waals surface area contributed by atoms with E-state index < -0.39 is 10.0 Å². The van der Waals surface area contributed by atoms with Gasteiger partial charge >= 0.3 is 0 Å². The lowest BCUT2D eigenvalue weighted by Gasteiger charge is -2.33. The summed E-state index contributed by atoms with van der Waals surface area (Å²) in [5, 5.41) is 4.60. The Morgan fingerprint density at radius 2 is 1.78 bits per heavy atom. The molecule has 4 aromatic rings. The number of pyridine rings is 2. The first-order valence-electron chi connectivity index (χ1n) is 14.1. The highest BCUT2D eigenvalue weighted by atomic mass is 32.2. The van der Waals surface area contributed by atoms with Crippen molar-refractivity contribution in [2.75, 3.05) is 39.3 Å². The quantitative estimate of drug-likeness (QED) is 0.278. The summed E-state index contributed by atoms with van der Waals surface area (Å²) in [6.07, 6.45) is 5.14. The molecule has 41 heavy (non-hydrogen) atoms. The molecule has 0 bridgehead atoms. The van der Waals surface area contributed by atoms with Crippen molar-refractivity contribution in [2.45, 2.75) is 44.9 Å². The number of aryl methyl sites for hydroxylation is 1. The topological polar surface area (TPSA) is 128 Å². The molecule has 0 spiro atoms. The Balaban J connectivity index is 1.68. The fraction of sp³-hybridized carbons (Fsp3) is 0.464. The van der Waals surface area contributed by atoms with Crippen LogP contribution in [0.1, 0.15) is 39.3 Å². The Morgan fingerprint density at radius 3 is 2.44 bits per heavy atom. The lowest BCUT2D eigenvalue weighted by molar-refractivity contribution is 0.196. The number of sulfonamides is 1. The molecule has 1 aliphatic heterocycles. The minimum Gasteiger partial charge on any atom is -0.477 e. The third kappa shape index (κ3) is 5.48. The molecular formula is C28H36N8O4S. The fourth-order valence-corrected chi connectivity index (χ4v) is 6.39. The van der Waals surface area contributed by atoms with Crippen LogP contribution in [0.4, 0.5) is 0 Å². The number of fused-ring (bicyclic) bond motifs is 1. The lowest BCUT2D eigenvalue weighted by Crippen LogP contribution is -2.48. The van der Waals surface area contributed by atoms with Crippen molar-refractivity contribution in [3.63, 3.8) is 0 Å². The standard InChI is InChI=1S/C28H36N8O4S/c1-5-10-22-24-25(32-36(22)23-11-8-9-12-29-23)28(37)33(4)26(31-24)21-18-20(19-30-27(21)40-17-6-2)41(38,39)35-15-13-34(7-3)14-16-35/h8-9,11-12,18-19H,5-7,10,13-17H2,1-4H3. The van der Waals surface area contributed by atoms with Gasteiger partial charge in [0.15, 0.2) is 11.3 Å². The van der Waals surface area contributed by atoms with Crippen molar-refractivity contribution < 1.29 is 13.2 Å². The molecule has 1 saturated heterocycles. The van der Waals surface area contributed by atoms with Gasteiger partial charge in [0.2, 0.25) is 15.9 Å². The first-order valence-corrected chi connectivity index (χ1v) is 15.5. The monoisotopic (exact) mass is 580 g/mol. The molecule has 218 valence electrons. The largest absolute Gasteiger partial charge is 0.477 e. The Labute approximate surface area is 239 Å². The summed E-state index contributed by atoms with van der Waals surface area (Å²) in [4.78, 5) is 29.7. The van der Waals surface area contributed by atoms with Crippen molar-refractivity contribution in [3.05, 3.63) is 52.7 Å². The summed E-state index contributed by atoms with van der Waals surface area (Å²) in [6.45, 7) is 9.46. The van der Waals surface area contributed by atoms with Gasteiger partial charge in [-0.3, -0.25) is 9.36 Å². The third-order valence-electron chi connectivity index (χ3n) is 7.28. The second kappa shape index (κ2) is 12.0. The van der Waals surface area contributed by atoms with Gasteiger partial charge in [-0.05, 0) is 37.6 Å². The van der Waals surface area contributed by atoms with Gasteiger partial charge in [-0.25, -0.2) is 28.1 Å². The van der Waals surface area contributed by atoms with E-state index in [-0.39, 0.29) is 27.7 Å². The van der Waals surface area contributed by atoms with E-state index in [1.807, 2.05) is 32.0 Å². The molecule has 0 unspecified atom stereocenters. The number of nitrogens with zero attached hydrogens (tertiary/aromatic N) is 8. The number of hydrogen-bond donors (Lipinski definition) is 0. The van der Waals surface area contributed by atoms with Gasteiger partial charge in [0, 0.05) is 39.4 Å². The smallest absolute Gasteiger partial charge is 0.281 e. The van der Waals surface area contributed by atoms with Crippen molar-refractivity contribution in [1.29, 1.82) is 0 Å². The zero-order chi connectivity index (χ0) is 29.1. The van der Waals surface area contributed by atoms with Crippen LogP contribution in [0.3, 0.4) is 0 Å². The Kier molecular flexibility index (Phi) is 8.47. The molecule has 13 heteroatoms. The molecule has 12 nitrogen and oxygen atoms in total. The van der Waals surface area contributed by atoms with Crippen LogP contribution in [-0.2, 0) is 23.5 Å². The van der Waals surface area contributed by atoms with Crippen LogP contribution in [0.15, 0.2) is 46.3 Å². The minimum atomic E-state index is -3.83. The van der Waals surface area contributed by atoms with Crippen LogP contribution in [0.5, 0.6) is 5.88 Å². The fourth-order valence-electron chi connectivity index (χ4n) is 5.00. The van der Waals surface area contributed by atoms with Crippen molar-refractivity contribution in [3.8, 4) is 23.1 Å². The molecule has 4 aromatic heterocycles. The normalized spacial score (nSPS) is 15.0. The van der Waals surface area contributed by atoms with E-state index in [0.29, 0.717) is 56.1 Å². The second-order valence-corrected chi connectivity index (χ2v) is 11.9. The van der Waals surface area contributed by atoms with Gasteiger partial charge in [0.25, 0.3) is 5.56 Å². The zero-order valence-electron chi connectivity index (χ0n) is 23.9. The molecular weight excluding hydrogens is 544 g/mol. The summed E-state index contributed by atoms with van der Waals surface area (Å²) in [5.41, 5.74) is 1.39. The number of hydrogen-bond acceptors (Lipinski definition) is 9. The summed E-state index contributed by atoms with van der Waals surface area (Å²) in [5.74, 6) is 1.06. The van der Waals surface area contributed by atoms with E-state index in [0.717, 1.165) is 25.1 Å². The maximum Gasteiger partial charge on any atom is 0.281 e. The molecule has 0 aromatic carbocycles. The molecule has 1 fully saturated rings. The van der Waals surface area contributed by atoms with E-state index in [9.17, 15) is 13.2 Å². The number of likely N-dealkylation sites (N-methyl/N-ethyl adjacent to an activating group) is 1. The Bertz CT molecular complexity index is 1690. The zero-order valence-corrected chi connectivity index (χ0v) is 24.8. The van der Waals surface area contributed by atoms with Gasteiger partial charge in [0.1, 0.15) is 16.2 Å². The van der Waals surface area contributed by atoms with Crippen LogP contribution < -0.4 is 10.3 Å². The first-order chi connectivity index (χ1) is 19.8. The van der Waals surface area contributed by atoms with E-state index in [4.69, 9.17) is 9.72 Å². The first kappa shape index (κ1) is 28.8. The second-order valence-electron chi connectivity index (χ2n) is 10.0. The predicted molar refractivity (Wildman–Crippen MR) is 156 cm³/mol. The SMILES string of the molecule is CCCOc1ncc(S(=O)(=O)N2CCN(CC)CC2)cc1-c1nc2c(CCC)n(-c3ccccn3)nc2c(=O)n1C. The van der Waals surface area contributed by atoms with E-state index in [1.54, 1.807) is 17.9 Å². The molecule has 0 saturated carbocycles. The van der Waals surface area contributed by atoms with Gasteiger partial charge in [0.05, 0.1) is 24.1 Å². The van der Waals surface area contributed by atoms with Crippen LogP contribution in [-0.4, -0.2) is 86.3 Å². The third-order valence-corrected chi connectivity index (χ3v) is 9.14. The number of ether oxygens (including phenoxy) is 1. The van der Waals surface area contributed by atoms with E-state index >= 15 is 0 Å². The Morgan fingerprint density at radius 1 is 1.00 bits per heavy atom. The van der Waals surface area contributed by atoms with Crippen LogP contribution in [0.25, 0.3) is 28.2 Å². The number of rotatable bonds is 10. The predicted octanol–water partition coefficient (Wildman–Crippen LogP) is 2.64.